The van der Waals surface area contributed by atoms with Crippen molar-refractivity contribution in [1.82, 2.24) is 10.2 Å². The zero-order valence-electron chi connectivity index (χ0n) is 13.1. The summed E-state index contributed by atoms with van der Waals surface area (Å²) in [6.45, 7) is 7.48. The van der Waals surface area contributed by atoms with E-state index < -0.39 is 0 Å². The molecule has 0 aromatic rings. The average Bonchev–Trinajstić information content (AvgIpc) is 2.49. The highest BCUT2D eigenvalue weighted by atomic mass is 15.2. The van der Waals surface area contributed by atoms with Gasteiger partial charge >= 0.3 is 0 Å². The number of hydrogen-bond donors (Lipinski definition) is 1. The molecule has 19 heavy (non-hydrogen) atoms. The van der Waals surface area contributed by atoms with Gasteiger partial charge in [-0.2, -0.15) is 0 Å². The summed E-state index contributed by atoms with van der Waals surface area (Å²) in [7, 11) is 0. The molecular weight excluding hydrogens is 232 g/mol. The third-order valence-corrected chi connectivity index (χ3v) is 5.22. The van der Waals surface area contributed by atoms with E-state index in [0.29, 0.717) is 5.54 Å². The Kier molecular flexibility index (Phi) is 6.66. The second kappa shape index (κ2) is 8.26. The van der Waals surface area contributed by atoms with E-state index in [2.05, 4.69) is 17.1 Å². The molecule has 0 unspecified atom stereocenters. The van der Waals surface area contributed by atoms with E-state index in [4.69, 9.17) is 0 Å². The van der Waals surface area contributed by atoms with E-state index in [1.807, 2.05) is 0 Å². The summed E-state index contributed by atoms with van der Waals surface area (Å²) in [5, 5.41) is 3.79. The van der Waals surface area contributed by atoms with Crippen LogP contribution in [0.15, 0.2) is 0 Å². The van der Waals surface area contributed by atoms with Gasteiger partial charge in [0.25, 0.3) is 0 Å². The van der Waals surface area contributed by atoms with E-state index >= 15 is 0 Å². The zero-order valence-corrected chi connectivity index (χ0v) is 13.1. The van der Waals surface area contributed by atoms with E-state index in [9.17, 15) is 0 Å². The van der Waals surface area contributed by atoms with Gasteiger partial charge < -0.3 is 5.32 Å². The first-order valence-electron chi connectivity index (χ1n) is 8.83. The molecule has 2 heteroatoms. The lowest BCUT2D eigenvalue weighted by Gasteiger charge is -2.48. The molecule has 0 aromatic carbocycles. The van der Waals surface area contributed by atoms with Crippen molar-refractivity contribution in [1.29, 1.82) is 0 Å². The van der Waals surface area contributed by atoms with Crippen molar-refractivity contribution in [3.05, 3.63) is 0 Å². The molecule has 0 spiro atoms. The maximum absolute atomic E-state index is 3.79. The Bertz CT molecular complexity index is 227. The molecule has 1 aliphatic carbocycles. The molecule has 0 aromatic heterocycles. The summed E-state index contributed by atoms with van der Waals surface area (Å²) in [4.78, 5) is 2.85. The minimum Gasteiger partial charge on any atom is -0.315 e. The average molecular weight is 266 g/mol. The normalized spacial score (nSPS) is 24.5. The summed E-state index contributed by atoms with van der Waals surface area (Å²) < 4.78 is 0. The Balaban J connectivity index is 1.83. The van der Waals surface area contributed by atoms with Gasteiger partial charge in [0, 0.05) is 12.1 Å². The zero-order chi connectivity index (χ0) is 13.4. The fourth-order valence-corrected chi connectivity index (χ4v) is 4.00. The minimum absolute atomic E-state index is 0.519. The third-order valence-electron chi connectivity index (χ3n) is 5.22. The van der Waals surface area contributed by atoms with Gasteiger partial charge in [-0.25, -0.2) is 0 Å². The Morgan fingerprint density at radius 2 is 1.58 bits per heavy atom. The van der Waals surface area contributed by atoms with Crippen molar-refractivity contribution in [3.63, 3.8) is 0 Å². The van der Waals surface area contributed by atoms with E-state index in [1.54, 1.807) is 0 Å². The number of rotatable bonds is 7. The predicted octanol–water partition coefficient (Wildman–Crippen LogP) is 3.96. The monoisotopic (exact) mass is 266 g/mol. The van der Waals surface area contributed by atoms with Crippen LogP contribution in [0.25, 0.3) is 0 Å². The van der Waals surface area contributed by atoms with Gasteiger partial charge in [0.15, 0.2) is 0 Å². The Morgan fingerprint density at radius 1 is 0.895 bits per heavy atom. The van der Waals surface area contributed by atoms with Gasteiger partial charge in [-0.3, -0.25) is 4.90 Å². The summed E-state index contributed by atoms with van der Waals surface area (Å²) in [6.07, 6.45) is 15.6. The fourth-order valence-electron chi connectivity index (χ4n) is 4.00. The van der Waals surface area contributed by atoms with Gasteiger partial charge in [0.1, 0.15) is 0 Å². The van der Waals surface area contributed by atoms with E-state index in [1.165, 1.54) is 96.8 Å². The van der Waals surface area contributed by atoms with Gasteiger partial charge in [0.05, 0.1) is 0 Å². The molecule has 1 saturated carbocycles. The van der Waals surface area contributed by atoms with Crippen LogP contribution in [-0.2, 0) is 0 Å². The summed E-state index contributed by atoms with van der Waals surface area (Å²) in [5.74, 6) is 0. The van der Waals surface area contributed by atoms with E-state index in [0.717, 1.165) is 0 Å². The molecule has 0 amide bonds. The quantitative estimate of drug-likeness (QED) is 0.702. The topological polar surface area (TPSA) is 15.3 Å². The molecule has 2 rings (SSSR count). The highest BCUT2D eigenvalue weighted by Gasteiger charge is 2.37. The molecule has 1 N–H and O–H groups in total. The molecule has 0 bridgehead atoms. The second-order valence-corrected chi connectivity index (χ2v) is 6.72. The molecule has 1 saturated heterocycles. The van der Waals surface area contributed by atoms with Gasteiger partial charge in [-0.15, -0.1) is 0 Å². The van der Waals surface area contributed by atoms with Crippen molar-refractivity contribution >= 4 is 0 Å². The molecule has 1 aliphatic heterocycles. The van der Waals surface area contributed by atoms with Crippen LogP contribution in [0.2, 0.25) is 0 Å². The molecular formula is C17H34N2. The van der Waals surface area contributed by atoms with Gasteiger partial charge in [-0.05, 0) is 51.7 Å². The predicted molar refractivity (Wildman–Crippen MR) is 83.6 cm³/mol. The SMILES string of the molecule is CCCCCNCC1(N2CCCCC2)CCCCC1. The first-order chi connectivity index (χ1) is 9.37. The number of likely N-dealkylation sites (tertiary alicyclic amines) is 1. The Hall–Kier alpha value is -0.0800. The van der Waals surface area contributed by atoms with Crippen molar-refractivity contribution < 1.29 is 0 Å². The molecule has 0 radical (unpaired) electrons. The molecule has 2 aliphatic rings. The molecule has 2 fully saturated rings. The molecule has 0 atom stereocenters. The van der Waals surface area contributed by atoms with Crippen LogP contribution < -0.4 is 5.32 Å². The standard InChI is InChI=1S/C17H34N2/c1-2-3-8-13-18-16-17(11-6-4-7-12-17)19-14-9-5-10-15-19/h18H,2-16H2,1H3. The molecule has 1 heterocycles. The van der Waals surface area contributed by atoms with E-state index in [-0.39, 0.29) is 0 Å². The summed E-state index contributed by atoms with van der Waals surface area (Å²) in [5.41, 5.74) is 0.519. The van der Waals surface area contributed by atoms with Crippen LogP contribution in [0.5, 0.6) is 0 Å². The lowest BCUT2D eigenvalue weighted by molar-refractivity contribution is 0.0336. The van der Waals surface area contributed by atoms with Crippen molar-refractivity contribution in [2.45, 2.75) is 83.1 Å². The van der Waals surface area contributed by atoms with Crippen LogP contribution in [0, 0.1) is 0 Å². The summed E-state index contributed by atoms with van der Waals surface area (Å²) in [6, 6.07) is 0. The van der Waals surface area contributed by atoms with Crippen LogP contribution >= 0.6 is 0 Å². The van der Waals surface area contributed by atoms with Gasteiger partial charge in [-0.1, -0.05) is 45.4 Å². The second-order valence-electron chi connectivity index (χ2n) is 6.72. The van der Waals surface area contributed by atoms with Crippen LogP contribution in [0.4, 0.5) is 0 Å². The van der Waals surface area contributed by atoms with Crippen molar-refractivity contribution in [2.75, 3.05) is 26.2 Å². The smallest absolute Gasteiger partial charge is 0.0333 e. The van der Waals surface area contributed by atoms with Crippen molar-refractivity contribution in [3.8, 4) is 0 Å². The van der Waals surface area contributed by atoms with Crippen LogP contribution in [0.3, 0.4) is 0 Å². The molecule has 2 nitrogen and oxygen atoms in total. The number of unbranched alkanes of at least 4 members (excludes halogenated alkanes) is 2. The Labute approximate surface area is 120 Å². The van der Waals surface area contributed by atoms with Crippen LogP contribution in [0.1, 0.15) is 77.6 Å². The van der Waals surface area contributed by atoms with Crippen LogP contribution in [-0.4, -0.2) is 36.6 Å². The lowest BCUT2D eigenvalue weighted by atomic mass is 9.79. The first-order valence-corrected chi connectivity index (χ1v) is 8.83. The summed E-state index contributed by atoms with van der Waals surface area (Å²) >= 11 is 0. The first kappa shape index (κ1) is 15.3. The number of nitrogens with one attached hydrogen (secondary N) is 1. The fraction of sp³-hybridized carbons (Fsp3) is 1.00. The highest BCUT2D eigenvalue weighted by molar-refractivity contribution is 4.95. The molecule has 112 valence electrons. The third kappa shape index (κ3) is 4.46. The minimum atomic E-state index is 0.519. The van der Waals surface area contributed by atoms with Gasteiger partial charge in [0.2, 0.25) is 0 Å². The number of hydrogen-bond acceptors (Lipinski definition) is 2. The number of piperidine rings is 1. The number of nitrogens with zero attached hydrogens (tertiary/aromatic N) is 1. The lowest BCUT2D eigenvalue weighted by Crippen LogP contribution is -2.57. The maximum Gasteiger partial charge on any atom is 0.0333 e. The largest absolute Gasteiger partial charge is 0.315 e. The van der Waals surface area contributed by atoms with Crippen molar-refractivity contribution in [2.24, 2.45) is 0 Å². The maximum atomic E-state index is 3.79. The highest BCUT2D eigenvalue weighted by Crippen LogP contribution is 2.35. The Morgan fingerprint density at radius 3 is 2.26 bits per heavy atom.